The Morgan fingerprint density at radius 2 is 0.850 bits per heavy atom. The molecule has 0 radical (unpaired) electrons. The van der Waals surface area contributed by atoms with E-state index in [0.717, 1.165) is 0 Å². The van der Waals surface area contributed by atoms with E-state index in [1.807, 2.05) is 16.1 Å². The van der Waals surface area contributed by atoms with Crippen molar-refractivity contribution < 1.29 is 85.7 Å². The van der Waals surface area contributed by atoms with Crippen LogP contribution in [0, 0.1) is 17.5 Å². The predicted octanol–water partition coefficient (Wildman–Crippen LogP) is 9.95. The normalized spacial score (nSPS) is 20.7. The van der Waals surface area contributed by atoms with Crippen LogP contribution in [0.3, 0.4) is 0 Å². The van der Waals surface area contributed by atoms with Crippen LogP contribution >= 0.6 is 73.1 Å². The molecule has 27 nitrogen and oxygen atoms in total. The highest BCUT2D eigenvalue weighted by Gasteiger charge is 2.40. The molecule has 0 saturated carbocycles. The van der Waals surface area contributed by atoms with Gasteiger partial charge in [-0.3, -0.25) is 44.1 Å². The van der Waals surface area contributed by atoms with Gasteiger partial charge >= 0.3 is 35.8 Å². The number of methoxy groups -OCH3 is 1. The van der Waals surface area contributed by atoms with Crippen LogP contribution < -0.4 is 16.0 Å². The molecule has 6 N–H and O–H groups in total. The summed E-state index contributed by atoms with van der Waals surface area (Å²) >= 11 is 20.4. The van der Waals surface area contributed by atoms with Crippen molar-refractivity contribution in [1.82, 2.24) is 45.6 Å². The number of ether oxygens (including phenoxy) is 6. The van der Waals surface area contributed by atoms with Gasteiger partial charge in [0.1, 0.15) is 35.6 Å². The highest BCUT2D eigenvalue weighted by atomic mass is 79.9. The monoisotopic (exact) mass is 1640 g/mol. The highest BCUT2D eigenvalue weighted by Crippen LogP contribution is 2.41. The zero-order valence-electron chi connectivity index (χ0n) is 58.0. The summed E-state index contributed by atoms with van der Waals surface area (Å²) in [5.41, 5.74) is 4.15. The van der Waals surface area contributed by atoms with Crippen LogP contribution in [0.25, 0.3) is 0 Å². The van der Waals surface area contributed by atoms with Gasteiger partial charge < -0.3 is 59.7 Å². The number of morpholine rings is 3. The third kappa shape index (κ3) is 22.2. The second-order valence-electron chi connectivity index (χ2n) is 24.6. The number of carbonyl (C=O) groups excluding carboxylic acids is 3. The lowest BCUT2D eigenvalue weighted by Gasteiger charge is -2.35. The molecule has 0 unspecified atom stereocenters. The summed E-state index contributed by atoms with van der Waals surface area (Å²) in [4.78, 5) is 106. The van der Waals surface area contributed by atoms with Crippen LogP contribution in [0.5, 0.6) is 0 Å². The number of nitrogens with zero attached hydrogens (tertiary/aromatic N) is 9. The molecule has 0 aliphatic carbocycles. The smallest absolute Gasteiger partial charge is 0.338 e. The zero-order valence-corrected chi connectivity index (χ0v) is 63.6. The number of thiazole rings is 3. The Kier molecular flexibility index (Phi) is 29.7. The molecule has 0 spiro atoms. The van der Waals surface area contributed by atoms with Gasteiger partial charge in [-0.05, 0) is 75.1 Å². The second kappa shape index (κ2) is 39.1. The molecule has 570 valence electrons. The third-order valence-corrected chi connectivity index (χ3v) is 21.0. The van der Waals surface area contributed by atoms with Crippen LogP contribution in [-0.4, -0.2) is 216 Å². The van der Waals surface area contributed by atoms with E-state index < -0.39 is 71.4 Å². The first-order valence-electron chi connectivity index (χ1n) is 33.9. The molecule has 3 fully saturated rings. The number of aliphatic carboxylic acids is 3. The van der Waals surface area contributed by atoms with Crippen molar-refractivity contribution in [1.29, 1.82) is 0 Å². The van der Waals surface area contributed by atoms with Gasteiger partial charge in [0, 0.05) is 156 Å². The highest BCUT2D eigenvalue weighted by molar-refractivity contribution is 9.10. The summed E-state index contributed by atoms with van der Waals surface area (Å²) in [7, 11) is 1.31. The number of aromatic nitrogens is 3. The molecule has 0 amide bonds. The van der Waals surface area contributed by atoms with E-state index in [4.69, 9.17) is 81.9 Å². The summed E-state index contributed by atoms with van der Waals surface area (Å²) in [6.45, 7) is 9.42. The van der Waals surface area contributed by atoms with Crippen LogP contribution in [0.2, 0.25) is 10.0 Å². The number of aliphatic imine (C=N–C) groups is 3. The fraction of sp³-hybridized carbons (Fsp3) is 0.408. The van der Waals surface area contributed by atoms with E-state index in [0.29, 0.717) is 174 Å². The Hall–Kier alpha value is -8.39. The van der Waals surface area contributed by atoms with Crippen molar-refractivity contribution in [3.05, 3.63) is 187 Å². The quantitative estimate of drug-likeness (QED) is 0.0217. The van der Waals surface area contributed by atoms with E-state index in [-0.39, 0.29) is 72.0 Å². The lowest BCUT2D eigenvalue weighted by Crippen LogP contribution is -2.46. The first-order chi connectivity index (χ1) is 51.6. The van der Waals surface area contributed by atoms with Crippen molar-refractivity contribution in [2.24, 2.45) is 15.0 Å². The molecular formula is C71H76BrCl2F3N12O15S3. The number of nitrogens with one attached hydrogen (secondary N) is 3. The van der Waals surface area contributed by atoms with E-state index >= 15 is 0 Å². The molecule has 9 heterocycles. The third-order valence-electron chi connectivity index (χ3n) is 17.3. The van der Waals surface area contributed by atoms with E-state index in [1.54, 1.807) is 38.5 Å². The van der Waals surface area contributed by atoms with Crippen LogP contribution in [-0.2, 0) is 57.2 Å². The molecule has 107 heavy (non-hydrogen) atoms. The number of hydrogen-bond donors (Lipinski definition) is 6. The van der Waals surface area contributed by atoms with Gasteiger partial charge in [-0.25, -0.2) is 42.5 Å². The molecule has 36 heteroatoms. The number of carboxylic acid groups (broad SMARTS) is 3. The van der Waals surface area contributed by atoms with E-state index in [1.165, 1.54) is 89.7 Å². The number of benzene rings is 3. The molecule has 6 aliphatic heterocycles. The second-order valence-corrected chi connectivity index (χ2v) is 29.0. The minimum atomic E-state index is -0.875. The number of halogens is 6. The van der Waals surface area contributed by atoms with Crippen molar-refractivity contribution in [2.45, 2.75) is 88.8 Å². The Bertz CT molecular complexity index is 4190. The lowest BCUT2D eigenvalue weighted by atomic mass is 9.95. The Morgan fingerprint density at radius 1 is 0.523 bits per heavy atom. The topological polar surface area (TPSA) is 340 Å². The predicted molar refractivity (Wildman–Crippen MR) is 396 cm³/mol. The fourth-order valence-electron chi connectivity index (χ4n) is 12.4. The van der Waals surface area contributed by atoms with Crippen molar-refractivity contribution in [2.75, 3.05) is 99.0 Å². The van der Waals surface area contributed by atoms with Crippen LogP contribution in [0.15, 0.2) is 143 Å². The number of rotatable bonds is 26. The molecular weight excluding hydrogens is 1560 g/mol. The summed E-state index contributed by atoms with van der Waals surface area (Å²) in [5, 5.41) is 44.5. The van der Waals surface area contributed by atoms with Gasteiger partial charge in [0.05, 0.1) is 75.2 Å². The molecule has 6 atom stereocenters. The Balaban J connectivity index is 0.000000172. The summed E-state index contributed by atoms with van der Waals surface area (Å²) < 4.78 is 75.1. The van der Waals surface area contributed by atoms with E-state index in [9.17, 15) is 41.9 Å². The Morgan fingerprint density at radius 3 is 1.15 bits per heavy atom. The summed E-state index contributed by atoms with van der Waals surface area (Å²) in [5.74, 6) is -4.25. The SMILES string of the molecule is CCOC(=O)C1=C(CN2CCO[C@@H](CCC(=O)O)C2)NC(c2nccs2)=N[C@H]1c1ccc(F)cc1Cl.CCOC(=O)C1=C(CN2CCO[C@H](CCC(=O)O)C2)NC(c2nccs2)=N[C@H]1c1ccc(F)cc1Cl.COC(=O)C1=C(CN2CCO[C@@H](CCC(=O)O)C2)NC(c2nccs2)=N[C@H]1c1ccc(F)cc1Br. The summed E-state index contributed by atoms with van der Waals surface area (Å²) in [6.07, 6.45) is 5.52. The minimum Gasteiger partial charge on any atom is -0.481 e. The van der Waals surface area contributed by atoms with Crippen molar-refractivity contribution in [3.8, 4) is 0 Å². The molecule has 3 aromatic carbocycles. The molecule has 12 rings (SSSR count). The lowest BCUT2D eigenvalue weighted by molar-refractivity contribution is -0.140. The number of carboxylic acids is 3. The number of amidine groups is 3. The largest absolute Gasteiger partial charge is 0.481 e. The van der Waals surface area contributed by atoms with Gasteiger partial charge in [0.2, 0.25) is 0 Å². The van der Waals surface area contributed by atoms with Gasteiger partial charge in [0.15, 0.2) is 32.5 Å². The minimum absolute atomic E-state index is 0.0134. The van der Waals surface area contributed by atoms with Crippen LogP contribution in [0.4, 0.5) is 13.2 Å². The number of carbonyl (C=O) groups is 6. The molecule has 6 aliphatic rings. The first-order valence-corrected chi connectivity index (χ1v) is 38.1. The maximum Gasteiger partial charge on any atom is 0.338 e. The fourth-order valence-corrected chi connectivity index (χ4v) is 15.3. The van der Waals surface area contributed by atoms with Gasteiger partial charge in [-0.1, -0.05) is 57.3 Å². The van der Waals surface area contributed by atoms with Gasteiger partial charge in [0.25, 0.3) is 0 Å². The number of esters is 3. The molecule has 3 aromatic heterocycles. The Labute approximate surface area is 643 Å². The summed E-state index contributed by atoms with van der Waals surface area (Å²) in [6, 6.07) is 9.79. The zero-order chi connectivity index (χ0) is 76.3. The van der Waals surface area contributed by atoms with Gasteiger partial charge in [-0.2, -0.15) is 0 Å². The average Bonchev–Trinajstić information content (AvgIpc) is 1.75. The van der Waals surface area contributed by atoms with Crippen molar-refractivity contribution in [3.63, 3.8) is 0 Å². The number of hydrogen-bond acceptors (Lipinski definition) is 27. The molecule has 3 saturated heterocycles. The van der Waals surface area contributed by atoms with E-state index in [2.05, 4.69) is 61.5 Å². The molecule has 6 aromatic rings. The average molecular weight is 1640 g/mol. The van der Waals surface area contributed by atoms with Crippen molar-refractivity contribution >= 4 is 126 Å². The molecule has 0 bridgehead atoms. The maximum atomic E-state index is 13.8. The van der Waals surface area contributed by atoms with Gasteiger partial charge in [-0.15, -0.1) is 34.0 Å². The van der Waals surface area contributed by atoms with Crippen LogP contribution in [0.1, 0.15) is 102 Å². The standard InChI is InChI=1S/2C24H26ClFN4O5S.C23H24BrFN4O5S/c2*1-2-34-24(33)20-18(13-30-8-9-35-15(12-30)4-6-19(31)32)28-22(23-27-7-10-36-23)29-21(20)16-5-3-14(26)11-17(16)25;1-33-23(32)19-17(12-29-7-8-34-14(11-29)3-5-18(30)31)27-21(22-26-6-9-35-22)28-20(19)15-4-2-13(25)10-16(15)24/h2*3,5,7,10-11,15,21H,2,4,6,8-9,12-13H2,1H3,(H,28,29)(H,31,32);2,4,6,9-10,14,20H,3,5,7-8,11-12H2,1H3,(H,27,28)(H,30,31)/t15-,21+;15-,21-;14-,20-/m100/s1. The first kappa shape index (κ1) is 81.1. The maximum absolute atomic E-state index is 13.8.